The summed E-state index contributed by atoms with van der Waals surface area (Å²) in [5.41, 5.74) is 0.772. The van der Waals surface area contributed by atoms with Gasteiger partial charge in [-0.15, -0.1) is 0 Å². The van der Waals surface area contributed by atoms with Crippen LogP contribution >= 0.6 is 0 Å². The van der Waals surface area contributed by atoms with Gasteiger partial charge in [-0.3, -0.25) is 19.2 Å². The van der Waals surface area contributed by atoms with E-state index >= 15 is 0 Å². The molecule has 0 bridgehead atoms. The quantitative estimate of drug-likeness (QED) is 0.483. The Hall–Kier alpha value is -3.40. The average molecular weight is 447 g/mol. The second-order valence-corrected chi connectivity index (χ2v) is 7.37. The molecule has 1 unspecified atom stereocenters. The summed E-state index contributed by atoms with van der Waals surface area (Å²) < 4.78 is 29.4. The van der Waals surface area contributed by atoms with Gasteiger partial charge in [0.15, 0.2) is 24.5 Å². The van der Waals surface area contributed by atoms with Gasteiger partial charge in [-0.2, -0.15) is 0 Å². The van der Waals surface area contributed by atoms with Crippen molar-refractivity contribution in [3.63, 3.8) is 0 Å². The smallest absolute Gasteiger partial charge is 0.303 e. The van der Waals surface area contributed by atoms with Gasteiger partial charge >= 0.3 is 23.9 Å². The van der Waals surface area contributed by atoms with Gasteiger partial charge in [-0.1, -0.05) is 18.2 Å². The molecule has 1 saturated heterocycles. The maximum absolute atomic E-state index is 11.9. The number of ether oxygens (including phenoxy) is 5. The predicted molar refractivity (Wildman–Crippen MR) is 109 cm³/mol. The minimum atomic E-state index is -1.21. The maximum Gasteiger partial charge on any atom is 0.303 e. The molecule has 0 radical (unpaired) electrons. The molecule has 32 heavy (non-hydrogen) atoms. The number of nitrogens with zero attached hydrogens (tertiary/aromatic N) is 1. The molecule has 1 aliphatic heterocycles. The van der Waals surface area contributed by atoms with Crippen LogP contribution in [-0.4, -0.2) is 59.5 Å². The molecule has 0 aliphatic carbocycles. The Morgan fingerprint density at radius 3 is 2.03 bits per heavy atom. The highest BCUT2D eigenvalue weighted by atomic mass is 16.7. The van der Waals surface area contributed by atoms with Gasteiger partial charge in [0.1, 0.15) is 12.7 Å². The van der Waals surface area contributed by atoms with Crippen molar-refractivity contribution in [2.45, 2.75) is 58.3 Å². The van der Waals surface area contributed by atoms with Crippen molar-refractivity contribution in [3.8, 4) is 0 Å². The molecule has 2 heterocycles. The number of hydrogen-bond acceptors (Lipinski definition) is 9. The molecule has 1 aromatic carbocycles. The molecule has 2 aromatic rings. The van der Waals surface area contributed by atoms with E-state index in [0.29, 0.717) is 0 Å². The van der Waals surface area contributed by atoms with Gasteiger partial charge in [-0.25, -0.2) is 0 Å². The molecule has 172 valence electrons. The lowest BCUT2D eigenvalue weighted by Crippen LogP contribution is -2.60. The minimum absolute atomic E-state index is 0.270. The van der Waals surface area contributed by atoms with Crippen LogP contribution < -0.4 is 0 Å². The fourth-order valence-corrected chi connectivity index (χ4v) is 3.76. The Morgan fingerprint density at radius 2 is 1.41 bits per heavy atom. The van der Waals surface area contributed by atoms with Crippen molar-refractivity contribution in [3.05, 3.63) is 36.5 Å². The number of rotatable bonds is 6. The molecular weight excluding hydrogens is 422 g/mol. The summed E-state index contributed by atoms with van der Waals surface area (Å²) in [5.74, 6) is -2.55. The first-order chi connectivity index (χ1) is 15.2. The van der Waals surface area contributed by atoms with E-state index in [0.717, 1.165) is 10.9 Å². The Kier molecular flexibility index (Phi) is 7.14. The Labute approximate surface area is 184 Å². The van der Waals surface area contributed by atoms with Crippen molar-refractivity contribution in [2.24, 2.45) is 0 Å². The van der Waals surface area contributed by atoms with E-state index < -0.39 is 54.5 Å². The lowest BCUT2D eigenvalue weighted by molar-refractivity contribution is -0.267. The number of aromatic nitrogens is 1. The normalized spacial score (nSPS) is 25.1. The summed E-state index contributed by atoms with van der Waals surface area (Å²) in [4.78, 5) is 47.1. The van der Waals surface area contributed by atoms with Crippen LogP contribution in [0.4, 0.5) is 0 Å². The summed E-state index contributed by atoms with van der Waals surface area (Å²) in [5, 5.41) is 0.903. The lowest BCUT2D eigenvalue weighted by Gasteiger charge is -2.44. The van der Waals surface area contributed by atoms with Gasteiger partial charge in [-0.05, 0) is 17.5 Å². The third-order valence-corrected chi connectivity index (χ3v) is 4.87. The van der Waals surface area contributed by atoms with Crippen LogP contribution in [0.2, 0.25) is 0 Å². The summed E-state index contributed by atoms with van der Waals surface area (Å²) in [7, 11) is 0. The third kappa shape index (κ3) is 5.25. The van der Waals surface area contributed by atoms with E-state index in [1.807, 2.05) is 30.3 Å². The van der Waals surface area contributed by atoms with Crippen LogP contribution in [0.1, 0.15) is 33.9 Å². The van der Waals surface area contributed by atoms with Crippen LogP contribution in [0.3, 0.4) is 0 Å². The summed E-state index contributed by atoms with van der Waals surface area (Å²) >= 11 is 0. The number of carbonyl (C=O) groups excluding carboxylic acids is 4. The van der Waals surface area contributed by atoms with E-state index in [1.165, 1.54) is 27.7 Å². The molecule has 5 atom stereocenters. The van der Waals surface area contributed by atoms with Crippen molar-refractivity contribution in [1.82, 2.24) is 4.57 Å². The van der Waals surface area contributed by atoms with Gasteiger partial charge in [0.05, 0.1) is 5.52 Å². The van der Waals surface area contributed by atoms with Gasteiger partial charge in [0, 0.05) is 33.9 Å². The molecule has 0 amide bonds. The largest absolute Gasteiger partial charge is 0.463 e. The molecule has 3 rings (SSSR count). The van der Waals surface area contributed by atoms with E-state index in [2.05, 4.69) is 0 Å². The molecule has 1 aromatic heterocycles. The van der Waals surface area contributed by atoms with E-state index in [1.54, 1.807) is 10.8 Å². The van der Waals surface area contributed by atoms with Crippen molar-refractivity contribution >= 4 is 34.8 Å². The SMILES string of the molecule is CC(=O)OC[C@H]1OC(n2ccc3ccccc32)[C@H](OC(C)=O)[C@@H](OC(C)=O)[C@@H]1OC(C)=O. The number of esters is 4. The molecule has 10 nitrogen and oxygen atoms in total. The lowest BCUT2D eigenvalue weighted by atomic mass is 9.97. The van der Waals surface area contributed by atoms with Gasteiger partial charge in [0.25, 0.3) is 0 Å². The molecular formula is C22H25NO9. The van der Waals surface area contributed by atoms with Crippen molar-refractivity contribution in [1.29, 1.82) is 0 Å². The minimum Gasteiger partial charge on any atom is -0.463 e. The highest BCUT2D eigenvalue weighted by Crippen LogP contribution is 2.36. The zero-order valence-electron chi connectivity index (χ0n) is 18.2. The molecule has 0 N–H and O–H groups in total. The third-order valence-electron chi connectivity index (χ3n) is 4.87. The van der Waals surface area contributed by atoms with E-state index in [9.17, 15) is 19.2 Å². The van der Waals surface area contributed by atoms with Crippen LogP contribution in [0.25, 0.3) is 10.9 Å². The molecule has 10 heteroatoms. The van der Waals surface area contributed by atoms with Crippen LogP contribution in [0.15, 0.2) is 36.5 Å². The summed E-state index contributed by atoms with van der Waals surface area (Å²) in [6, 6.07) is 9.31. The van der Waals surface area contributed by atoms with Gasteiger partial charge in [0.2, 0.25) is 0 Å². The van der Waals surface area contributed by atoms with Crippen LogP contribution in [-0.2, 0) is 42.9 Å². The number of fused-ring (bicyclic) bond motifs is 1. The Morgan fingerprint density at radius 1 is 0.812 bits per heavy atom. The topological polar surface area (TPSA) is 119 Å². The van der Waals surface area contributed by atoms with E-state index in [4.69, 9.17) is 23.7 Å². The van der Waals surface area contributed by atoms with Crippen LogP contribution in [0.5, 0.6) is 0 Å². The first kappa shape index (κ1) is 23.3. The monoisotopic (exact) mass is 447 g/mol. The molecule has 1 fully saturated rings. The van der Waals surface area contributed by atoms with E-state index in [-0.39, 0.29) is 6.61 Å². The zero-order valence-corrected chi connectivity index (χ0v) is 18.2. The highest BCUT2D eigenvalue weighted by Gasteiger charge is 2.52. The summed E-state index contributed by atoms with van der Waals surface area (Å²) in [6.07, 6.45) is -3.75. The predicted octanol–water partition coefficient (Wildman–Crippen LogP) is 1.90. The second-order valence-electron chi connectivity index (χ2n) is 7.37. The molecule has 0 spiro atoms. The van der Waals surface area contributed by atoms with Crippen LogP contribution in [0, 0.1) is 0 Å². The average Bonchev–Trinajstić information content (AvgIpc) is 3.12. The van der Waals surface area contributed by atoms with Crippen molar-refractivity contribution < 1.29 is 42.9 Å². The standard InChI is InChI=1S/C22H25NO9/c1-12(24)28-11-18-19(29-13(2)25)20(30-14(3)26)21(31-15(4)27)22(32-18)23-10-9-16-7-5-6-8-17(16)23/h5-10,18-22H,11H2,1-4H3/t18-,19-,20+,21-,22?/m1/s1. The first-order valence-corrected chi connectivity index (χ1v) is 10.0. The first-order valence-electron chi connectivity index (χ1n) is 10.0. The highest BCUT2D eigenvalue weighted by molar-refractivity contribution is 5.80. The number of carbonyl (C=O) groups is 4. The summed E-state index contributed by atoms with van der Waals surface area (Å²) in [6.45, 7) is 4.53. The molecule has 1 aliphatic rings. The second kappa shape index (κ2) is 9.82. The zero-order chi connectivity index (χ0) is 23.4. The number of hydrogen-bond donors (Lipinski definition) is 0. The number of para-hydroxylation sites is 1. The molecule has 0 saturated carbocycles. The maximum atomic E-state index is 11.9. The van der Waals surface area contributed by atoms with Crippen molar-refractivity contribution in [2.75, 3.05) is 6.61 Å². The fourth-order valence-electron chi connectivity index (χ4n) is 3.76. The van der Waals surface area contributed by atoms with Gasteiger partial charge < -0.3 is 28.3 Å². The Balaban J connectivity index is 2.10. The fraction of sp³-hybridized carbons (Fsp3) is 0.455. The Bertz CT molecular complexity index is 1010. The number of benzene rings is 1.